The van der Waals surface area contributed by atoms with Crippen LogP contribution in [0.1, 0.15) is 39.0 Å². The van der Waals surface area contributed by atoms with E-state index in [1.807, 2.05) is 42.5 Å². The molecule has 1 aliphatic rings. The fourth-order valence-electron chi connectivity index (χ4n) is 3.04. The van der Waals surface area contributed by atoms with E-state index in [9.17, 15) is 4.79 Å². The number of rotatable bonds is 6. The second-order valence-electron chi connectivity index (χ2n) is 6.36. The lowest BCUT2D eigenvalue weighted by atomic mass is 9.98. The van der Waals surface area contributed by atoms with Crippen molar-refractivity contribution >= 4 is 35.6 Å². The van der Waals surface area contributed by atoms with Crippen LogP contribution in [0.3, 0.4) is 0 Å². The summed E-state index contributed by atoms with van der Waals surface area (Å²) in [5.74, 6) is 0.445. The fourth-order valence-corrected chi connectivity index (χ4v) is 4.50. The van der Waals surface area contributed by atoms with Crippen molar-refractivity contribution in [3.05, 3.63) is 42.5 Å². The van der Waals surface area contributed by atoms with Crippen molar-refractivity contribution in [2.24, 2.45) is 0 Å². The van der Waals surface area contributed by atoms with E-state index in [-0.39, 0.29) is 12.1 Å². The van der Waals surface area contributed by atoms with Crippen LogP contribution in [0.5, 0.6) is 5.75 Å². The molecule has 1 fully saturated rings. The third-order valence-electron chi connectivity index (χ3n) is 4.41. The SMILES string of the molecule is CC(NP(Cl)Oc1cccc2ccccc12)C(=O)OC1CCCCC1. The number of esters is 1. The van der Waals surface area contributed by atoms with E-state index in [0.717, 1.165) is 36.5 Å². The van der Waals surface area contributed by atoms with Gasteiger partial charge in [0.1, 0.15) is 17.9 Å². The highest BCUT2D eigenvalue weighted by atomic mass is 35.7. The molecule has 1 aliphatic carbocycles. The maximum atomic E-state index is 12.2. The molecule has 0 spiro atoms. The Kier molecular flexibility index (Phi) is 6.52. The van der Waals surface area contributed by atoms with E-state index in [0.29, 0.717) is 5.75 Å². The van der Waals surface area contributed by atoms with Crippen molar-refractivity contribution in [1.29, 1.82) is 0 Å². The quantitative estimate of drug-likeness (QED) is 0.529. The summed E-state index contributed by atoms with van der Waals surface area (Å²) in [7, 11) is -1.50. The van der Waals surface area contributed by atoms with Gasteiger partial charge in [0.05, 0.1) is 0 Å². The number of hydrogen-bond acceptors (Lipinski definition) is 4. The molecule has 6 heteroatoms. The van der Waals surface area contributed by atoms with Gasteiger partial charge in [-0.05, 0) is 55.3 Å². The molecule has 2 aromatic carbocycles. The fraction of sp³-hybridized carbons (Fsp3) is 0.421. The summed E-state index contributed by atoms with van der Waals surface area (Å²) < 4.78 is 11.4. The number of benzene rings is 2. The molecule has 2 unspecified atom stereocenters. The second-order valence-corrected chi connectivity index (χ2v) is 8.21. The highest BCUT2D eigenvalue weighted by molar-refractivity contribution is 7.78. The average molecular weight is 380 g/mol. The average Bonchev–Trinajstić information content (AvgIpc) is 2.63. The summed E-state index contributed by atoms with van der Waals surface area (Å²) in [4.78, 5) is 12.2. The first kappa shape index (κ1) is 18.4. The topological polar surface area (TPSA) is 47.6 Å². The number of nitrogens with one attached hydrogen (secondary N) is 1. The molecule has 0 saturated heterocycles. The number of fused-ring (bicyclic) bond motifs is 1. The Morgan fingerprint density at radius 2 is 1.88 bits per heavy atom. The molecule has 1 saturated carbocycles. The van der Waals surface area contributed by atoms with Gasteiger partial charge in [0.2, 0.25) is 0 Å². The summed E-state index contributed by atoms with van der Waals surface area (Å²) in [6, 6.07) is 13.3. The number of carbonyl (C=O) groups excluding carboxylic acids is 1. The molecule has 0 radical (unpaired) electrons. The molecule has 0 bridgehead atoms. The number of ether oxygens (including phenoxy) is 1. The maximum absolute atomic E-state index is 12.2. The first-order valence-corrected chi connectivity index (χ1v) is 10.9. The summed E-state index contributed by atoms with van der Waals surface area (Å²) in [5, 5.41) is 5.10. The van der Waals surface area contributed by atoms with E-state index in [1.165, 1.54) is 6.42 Å². The number of halogens is 1. The highest BCUT2D eigenvalue weighted by Crippen LogP contribution is 2.42. The molecule has 25 heavy (non-hydrogen) atoms. The van der Waals surface area contributed by atoms with E-state index < -0.39 is 13.7 Å². The van der Waals surface area contributed by atoms with Crippen molar-refractivity contribution in [3.8, 4) is 5.75 Å². The van der Waals surface area contributed by atoms with Gasteiger partial charge in [0.15, 0.2) is 0 Å². The van der Waals surface area contributed by atoms with Crippen molar-refractivity contribution < 1.29 is 14.1 Å². The highest BCUT2D eigenvalue weighted by Gasteiger charge is 2.24. The normalized spacial score (nSPS) is 17.8. The molecule has 0 aromatic heterocycles. The Morgan fingerprint density at radius 1 is 1.16 bits per heavy atom. The Labute approximate surface area is 154 Å². The van der Waals surface area contributed by atoms with Gasteiger partial charge >= 0.3 is 5.97 Å². The van der Waals surface area contributed by atoms with Crippen LogP contribution in [-0.4, -0.2) is 18.1 Å². The monoisotopic (exact) mass is 379 g/mol. The van der Waals surface area contributed by atoms with Crippen LogP contribution >= 0.6 is 18.9 Å². The van der Waals surface area contributed by atoms with Gasteiger partial charge in [0, 0.05) is 5.39 Å². The maximum Gasteiger partial charge on any atom is 0.323 e. The Bertz CT molecular complexity index is 715. The molecule has 0 aliphatic heterocycles. The van der Waals surface area contributed by atoms with Gasteiger partial charge in [0.25, 0.3) is 7.65 Å². The molecular weight excluding hydrogens is 357 g/mol. The first-order chi connectivity index (χ1) is 12.1. The minimum absolute atomic E-state index is 0.0473. The minimum atomic E-state index is -1.50. The van der Waals surface area contributed by atoms with Crippen LogP contribution in [0.25, 0.3) is 10.8 Å². The number of hydrogen-bond donors (Lipinski definition) is 1. The number of carbonyl (C=O) groups is 1. The molecule has 3 rings (SSSR count). The second kappa shape index (κ2) is 8.84. The van der Waals surface area contributed by atoms with E-state index >= 15 is 0 Å². The van der Waals surface area contributed by atoms with Gasteiger partial charge in [-0.1, -0.05) is 42.8 Å². The third kappa shape index (κ3) is 5.07. The van der Waals surface area contributed by atoms with Crippen molar-refractivity contribution in [1.82, 2.24) is 5.09 Å². The van der Waals surface area contributed by atoms with Gasteiger partial charge in [-0.15, -0.1) is 0 Å². The molecule has 0 heterocycles. The van der Waals surface area contributed by atoms with Crippen LogP contribution in [-0.2, 0) is 9.53 Å². The van der Waals surface area contributed by atoms with Crippen LogP contribution in [0.2, 0.25) is 0 Å². The molecule has 1 N–H and O–H groups in total. The van der Waals surface area contributed by atoms with Crippen LogP contribution in [0.4, 0.5) is 0 Å². The molecule has 4 nitrogen and oxygen atoms in total. The smallest absolute Gasteiger partial charge is 0.323 e. The van der Waals surface area contributed by atoms with Crippen molar-refractivity contribution in [2.45, 2.75) is 51.2 Å². The molecule has 2 aromatic rings. The van der Waals surface area contributed by atoms with Gasteiger partial charge in [-0.25, -0.2) is 5.09 Å². The molecule has 2 atom stereocenters. The lowest BCUT2D eigenvalue weighted by Gasteiger charge is -2.24. The van der Waals surface area contributed by atoms with Gasteiger partial charge < -0.3 is 9.26 Å². The van der Waals surface area contributed by atoms with E-state index in [1.54, 1.807) is 6.92 Å². The summed E-state index contributed by atoms with van der Waals surface area (Å²) in [6.45, 7) is 1.76. The first-order valence-electron chi connectivity index (χ1n) is 8.72. The lowest BCUT2D eigenvalue weighted by Crippen LogP contribution is -2.35. The minimum Gasteiger partial charge on any atom is -0.461 e. The van der Waals surface area contributed by atoms with Gasteiger partial charge in [-0.3, -0.25) is 4.79 Å². The summed E-state index contributed by atoms with van der Waals surface area (Å²) >= 11 is 6.32. The van der Waals surface area contributed by atoms with E-state index in [2.05, 4.69) is 5.09 Å². The molecule has 134 valence electrons. The van der Waals surface area contributed by atoms with Crippen molar-refractivity contribution in [3.63, 3.8) is 0 Å². The zero-order chi connectivity index (χ0) is 17.6. The Balaban J connectivity index is 1.55. The summed E-state index contributed by atoms with van der Waals surface area (Å²) in [5.41, 5.74) is 0. The van der Waals surface area contributed by atoms with Gasteiger partial charge in [-0.2, -0.15) is 0 Å². The zero-order valence-electron chi connectivity index (χ0n) is 14.3. The van der Waals surface area contributed by atoms with E-state index in [4.69, 9.17) is 20.5 Å². The van der Waals surface area contributed by atoms with Crippen molar-refractivity contribution in [2.75, 3.05) is 0 Å². The summed E-state index contributed by atoms with van der Waals surface area (Å²) in [6.07, 6.45) is 5.46. The predicted octanol–water partition coefficient (Wildman–Crippen LogP) is 5.54. The van der Waals surface area contributed by atoms with Crippen LogP contribution in [0, 0.1) is 0 Å². The molecular formula is C19H23ClNO3P. The largest absolute Gasteiger partial charge is 0.461 e. The third-order valence-corrected chi connectivity index (χ3v) is 5.86. The standard InChI is InChI=1S/C19H23ClNO3P/c1-14(19(22)23-16-10-3-2-4-11-16)21-25(20)24-18-13-7-9-15-8-5-6-12-17(15)18/h5-9,12-14,16,21H,2-4,10-11H2,1H3. The Morgan fingerprint density at radius 3 is 2.68 bits per heavy atom. The molecule has 0 amide bonds. The zero-order valence-corrected chi connectivity index (χ0v) is 15.9. The predicted molar refractivity (Wildman–Crippen MR) is 103 cm³/mol. The van der Waals surface area contributed by atoms with Crippen LogP contribution < -0.4 is 9.61 Å². The van der Waals surface area contributed by atoms with Crippen LogP contribution in [0.15, 0.2) is 42.5 Å². The Hall–Kier alpha value is -1.35. The lowest BCUT2D eigenvalue weighted by molar-refractivity contribution is -0.152.